The van der Waals surface area contributed by atoms with E-state index in [4.69, 9.17) is 9.26 Å². The summed E-state index contributed by atoms with van der Waals surface area (Å²) in [7, 11) is 1.42. The molecule has 3 rings (SSSR count). The fourth-order valence-corrected chi connectivity index (χ4v) is 3.94. The van der Waals surface area contributed by atoms with E-state index in [1.54, 1.807) is 0 Å². The summed E-state index contributed by atoms with van der Waals surface area (Å²) in [5.74, 6) is -0.253. The van der Waals surface area contributed by atoms with E-state index >= 15 is 0 Å². The lowest BCUT2D eigenvalue weighted by Crippen LogP contribution is -2.38. The van der Waals surface area contributed by atoms with Gasteiger partial charge in [-0.25, -0.2) is 0 Å². The highest BCUT2D eigenvalue weighted by Crippen LogP contribution is 2.30. The lowest BCUT2D eigenvalue weighted by atomic mass is 9.79. The molecule has 1 aliphatic carbocycles. The number of aromatic nitrogens is 1. The second-order valence-electron chi connectivity index (χ2n) is 7.24. The molecule has 0 saturated heterocycles. The Balaban J connectivity index is 1.63. The number of amides is 1. The third-order valence-electron chi connectivity index (χ3n) is 5.28. The normalized spacial score (nSPS) is 20.1. The molecule has 1 saturated carbocycles. The van der Waals surface area contributed by atoms with Gasteiger partial charge in [0.1, 0.15) is 5.69 Å². The van der Waals surface area contributed by atoms with Gasteiger partial charge in [0.05, 0.1) is 19.4 Å². The maximum absolute atomic E-state index is 12.4. The predicted octanol–water partition coefficient (Wildman–Crippen LogP) is 3.08. The summed E-state index contributed by atoms with van der Waals surface area (Å²) >= 11 is 0. The van der Waals surface area contributed by atoms with Gasteiger partial charge >= 0.3 is 5.97 Å². The first-order chi connectivity index (χ1) is 12.5. The number of hydrogen-bond donors (Lipinski definition) is 1. The van der Waals surface area contributed by atoms with E-state index in [2.05, 4.69) is 10.5 Å². The molecule has 0 bridgehead atoms. The van der Waals surface area contributed by atoms with Gasteiger partial charge in [0, 0.05) is 11.9 Å². The smallest absolute Gasteiger partial charge is 0.309 e. The quantitative estimate of drug-likeness (QED) is 0.831. The van der Waals surface area contributed by atoms with E-state index < -0.39 is 0 Å². The molecule has 2 aromatic rings. The van der Waals surface area contributed by atoms with Crippen molar-refractivity contribution < 1.29 is 18.8 Å². The first kappa shape index (κ1) is 18.4. The van der Waals surface area contributed by atoms with E-state index in [0.717, 1.165) is 47.8 Å². The maximum atomic E-state index is 12.4. The van der Waals surface area contributed by atoms with Crippen LogP contribution in [0.2, 0.25) is 0 Å². The molecule has 6 nitrogen and oxygen atoms in total. The molecule has 2 atom stereocenters. The maximum Gasteiger partial charge on any atom is 0.309 e. The van der Waals surface area contributed by atoms with Gasteiger partial charge in [0.2, 0.25) is 5.91 Å². The Labute approximate surface area is 153 Å². The van der Waals surface area contributed by atoms with E-state index in [1.807, 2.05) is 26.0 Å². The van der Waals surface area contributed by atoms with E-state index in [-0.39, 0.29) is 30.1 Å². The van der Waals surface area contributed by atoms with Crippen LogP contribution < -0.4 is 5.32 Å². The van der Waals surface area contributed by atoms with Crippen LogP contribution in [-0.4, -0.2) is 30.7 Å². The molecule has 2 unspecified atom stereocenters. The van der Waals surface area contributed by atoms with Gasteiger partial charge in [-0.15, -0.1) is 0 Å². The van der Waals surface area contributed by atoms with E-state index in [1.165, 1.54) is 7.11 Å². The van der Waals surface area contributed by atoms with Crippen LogP contribution in [0.1, 0.15) is 42.5 Å². The number of rotatable bonds is 5. The van der Waals surface area contributed by atoms with Gasteiger partial charge in [-0.05, 0) is 49.8 Å². The summed E-state index contributed by atoms with van der Waals surface area (Å²) in [4.78, 5) is 24.3. The number of carbonyl (C=O) groups is 2. The molecule has 1 aromatic heterocycles. The summed E-state index contributed by atoms with van der Waals surface area (Å²) in [5, 5.41) is 7.94. The molecule has 140 valence electrons. The topological polar surface area (TPSA) is 81.4 Å². The molecule has 1 fully saturated rings. The third-order valence-corrected chi connectivity index (χ3v) is 5.28. The zero-order valence-electron chi connectivity index (χ0n) is 15.6. The van der Waals surface area contributed by atoms with Crippen molar-refractivity contribution in [1.29, 1.82) is 0 Å². The summed E-state index contributed by atoms with van der Waals surface area (Å²) in [6, 6.07) is 4.03. The van der Waals surface area contributed by atoms with Gasteiger partial charge in [-0.3, -0.25) is 9.59 Å². The monoisotopic (exact) mass is 358 g/mol. The van der Waals surface area contributed by atoms with Gasteiger partial charge in [0.15, 0.2) is 5.58 Å². The number of methoxy groups -OCH3 is 1. The Kier molecular flexibility index (Phi) is 5.59. The van der Waals surface area contributed by atoms with Crippen molar-refractivity contribution in [3.8, 4) is 0 Å². The Bertz CT molecular complexity index is 811. The molecule has 1 aromatic carbocycles. The highest BCUT2D eigenvalue weighted by atomic mass is 16.5. The van der Waals surface area contributed by atoms with Crippen LogP contribution in [0.25, 0.3) is 11.0 Å². The number of nitrogens with one attached hydrogen (secondary N) is 1. The van der Waals surface area contributed by atoms with Crippen molar-refractivity contribution in [2.75, 3.05) is 13.7 Å². The molecule has 0 aliphatic heterocycles. The Morgan fingerprint density at radius 2 is 2.04 bits per heavy atom. The molecular formula is C20H26N2O4. The molecule has 6 heteroatoms. The van der Waals surface area contributed by atoms with Crippen LogP contribution in [0.15, 0.2) is 16.7 Å². The Morgan fingerprint density at radius 1 is 1.27 bits per heavy atom. The van der Waals surface area contributed by atoms with Crippen molar-refractivity contribution in [3.05, 3.63) is 29.0 Å². The van der Waals surface area contributed by atoms with E-state index in [9.17, 15) is 9.59 Å². The molecule has 0 spiro atoms. The van der Waals surface area contributed by atoms with Crippen LogP contribution in [0.5, 0.6) is 0 Å². The number of fused-ring (bicyclic) bond motifs is 1. The molecule has 1 heterocycles. The molecule has 26 heavy (non-hydrogen) atoms. The van der Waals surface area contributed by atoms with Crippen molar-refractivity contribution >= 4 is 22.8 Å². The highest BCUT2D eigenvalue weighted by Gasteiger charge is 2.31. The Morgan fingerprint density at radius 3 is 2.81 bits per heavy atom. The zero-order chi connectivity index (χ0) is 18.7. The highest BCUT2D eigenvalue weighted by molar-refractivity contribution is 5.88. The predicted molar refractivity (Wildman–Crippen MR) is 97.7 cm³/mol. The standard InChI is InChI=1S/C20H26N2O4/c1-12-8-13(2)19-16(9-12)17(22-26-19)10-18(23)21-11-14-6-4-5-7-15(14)20(24)25-3/h8-9,14-15H,4-7,10-11H2,1-3H3,(H,21,23). The molecule has 1 aliphatic rings. The fourth-order valence-electron chi connectivity index (χ4n) is 3.94. The second-order valence-corrected chi connectivity index (χ2v) is 7.24. The Hall–Kier alpha value is -2.37. The van der Waals surface area contributed by atoms with Crippen LogP contribution >= 0.6 is 0 Å². The minimum Gasteiger partial charge on any atom is -0.469 e. The average Bonchev–Trinajstić information content (AvgIpc) is 3.02. The second kappa shape index (κ2) is 7.89. The summed E-state index contributed by atoms with van der Waals surface area (Å²) in [6.45, 7) is 4.48. The van der Waals surface area contributed by atoms with Crippen LogP contribution in [0, 0.1) is 25.7 Å². The minimum atomic E-state index is -0.169. The SMILES string of the molecule is COC(=O)C1CCCCC1CNC(=O)Cc1noc2c(C)cc(C)cc12. The summed E-state index contributed by atoms with van der Waals surface area (Å²) in [6.07, 6.45) is 4.06. The number of ether oxygens (including phenoxy) is 1. The van der Waals surface area contributed by atoms with Crippen molar-refractivity contribution in [2.24, 2.45) is 11.8 Å². The summed E-state index contributed by atoms with van der Waals surface area (Å²) in [5.41, 5.74) is 3.51. The van der Waals surface area contributed by atoms with Crippen LogP contribution in [0.3, 0.4) is 0 Å². The van der Waals surface area contributed by atoms with Crippen molar-refractivity contribution in [1.82, 2.24) is 10.5 Å². The summed E-state index contributed by atoms with van der Waals surface area (Å²) < 4.78 is 10.3. The fraction of sp³-hybridized carbons (Fsp3) is 0.550. The van der Waals surface area contributed by atoms with Gasteiger partial charge in [-0.2, -0.15) is 0 Å². The van der Waals surface area contributed by atoms with Crippen LogP contribution in [-0.2, 0) is 20.7 Å². The van der Waals surface area contributed by atoms with E-state index in [0.29, 0.717) is 12.2 Å². The lowest BCUT2D eigenvalue weighted by molar-refractivity contribution is -0.148. The van der Waals surface area contributed by atoms with Crippen molar-refractivity contribution in [3.63, 3.8) is 0 Å². The van der Waals surface area contributed by atoms with Crippen molar-refractivity contribution in [2.45, 2.75) is 46.0 Å². The molecule has 1 amide bonds. The molecular weight excluding hydrogens is 332 g/mol. The van der Waals surface area contributed by atoms with Crippen LogP contribution in [0.4, 0.5) is 0 Å². The lowest BCUT2D eigenvalue weighted by Gasteiger charge is -2.29. The number of hydrogen-bond acceptors (Lipinski definition) is 5. The third kappa shape index (κ3) is 3.89. The first-order valence-electron chi connectivity index (χ1n) is 9.19. The van der Waals surface area contributed by atoms with Gasteiger partial charge < -0.3 is 14.6 Å². The largest absolute Gasteiger partial charge is 0.469 e. The van der Waals surface area contributed by atoms with Gasteiger partial charge in [-0.1, -0.05) is 24.1 Å². The average molecular weight is 358 g/mol. The van der Waals surface area contributed by atoms with Gasteiger partial charge in [0.25, 0.3) is 0 Å². The molecule has 1 N–H and O–H groups in total. The zero-order valence-corrected chi connectivity index (χ0v) is 15.6. The number of benzene rings is 1. The minimum absolute atomic E-state index is 0.103. The number of carbonyl (C=O) groups excluding carboxylic acids is 2. The first-order valence-corrected chi connectivity index (χ1v) is 9.19. The molecule has 0 radical (unpaired) electrons. The number of aryl methyl sites for hydroxylation is 2. The number of nitrogens with zero attached hydrogens (tertiary/aromatic N) is 1. The number of esters is 1.